The van der Waals surface area contributed by atoms with Gasteiger partial charge < -0.3 is 4.74 Å². The first-order valence-electron chi connectivity index (χ1n) is 3.51. The van der Waals surface area contributed by atoms with E-state index in [1.807, 2.05) is 0 Å². The molecule has 1 aliphatic heterocycles. The molecule has 54 valence electrons. The van der Waals surface area contributed by atoms with E-state index < -0.39 is 0 Å². The first kappa shape index (κ1) is 7.79. The average molecular weight is 240 g/mol. The van der Waals surface area contributed by atoms with Crippen LogP contribution in [0.1, 0.15) is 20.3 Å². The van der Waals surface area contributed by atoms with Crippen molar-refractivity contribution in [3.63, 3.8) is 0 Å². The molecule has 0 saturated carbocycles. The third-order valence-corrected chi connectivity index (χ3v) is 3.93. The number of alkyl halides is 1. The van der Waals surface area contributed by atoms with Gasteiger partial charge in [-0.15, -0.1) is 0 Å². The lowest BCUT2D eigenvalue weighted by Gasteiger charge is -2.12. The summed E-state index contributed by atoms with van der Waals surface area (Å²) in [6.45, 7) is 5.52. The fourth-order valence-corrected chi connectivity index (χ4v) is 1.75. The summed E-state index contributed by atoms with van der Waals surface area (Å²) >= 11 is 2.50. The van der Waals surface area contributed by atoms with Crippen LogP contribution in [0, 0.1) is 5.92 Å². The number of ether oxygens (including phenoxy) is 1. The summed E-state index contributed by atoms with van der Waals surface area (Å²) < 4.78 is 5.93. The van der Waals surface area contributed by atoms with Gasteiger partial charge in [0.1, 0.15) is 0 Å². The van der Waals surface area contributed by atoms with Gasteiger partial charge in [0.2, 0.25) is 0 Å². The third kappa shape index (κ3) is 2.08. The van der Waals surface area contributed by atoms with Crippen LogP contribution in [0.2, 0.25) is 0 Å². The lowest BCUT2D eigenvalue weighted by atomic mass is 10.0. The summed E-state index contributed by atoms with van der Waals surface area (Å²) in [5.41, 5.74) is 0. The molecule has 0 aromatic carbocycles. The van der Waals surface area contributed by atoms with Crippen molar-refractivity contribution in [3.8, 4) is 0 Å². The number of rotatable bonds is 3. The van der Waals surface area contributed by atoms with E-state index in [0.717, 1.165) is 16.4 Å². The number of hydrogen-bond donors (Lipinski definition) is 0. The Bertz CT molecular complexity index is 90.9. The van der Waals surface area contributed by atoms with Crippen LogP contribution in [-0.4, -0.2) is 16.6 Å². The summed E-state index contributed by atoms with van der Waals surface area (Å²) in [4.78, 5) is 0. The maximum Gasteiger partial charge on any atom is 0.0929 e. The number of hydrogen-bond acceptors (Lipinski definition) is 1. The van der Waals surface area contributed by atoms with Crippen LogP contribution in [0.25, 0.3) is 0 Å². The van der Waals surface area contributed by atoms with Crippen molar-refractivity contribution < 1.29 is 4.74 Å². The van der Waals surface area contributed by atoms with Crippen molar-refractivity contribution in [1.29, 1.82) is 0 Å². The Kier molecular flexibility index (Phi) is 2.76. The lowest BCUT2D eigenvalue weighted by Crippen LogP contribution is -2.15. The molecule has 1 nitrogen and oxygen atoms in total. The van der Waals surface area contributed by atoms with Crippen LogP contribution in [0.4, 0.5) is 0 Å². The molecule has 1 fully saturated rings. The predicted octanol–water partition coefficient (Wildman–Crippen LogP) is 2.23. The number of epoxide rings is 1. The molecule has 3 atom stereocenters. The Hall–Kier alpha value is 0.690. The molecular formula is C7H13IO. The maximum atomic E-state index is 5.19. The molecule has 0 radical (unpaired) electrons. The molecule has 3 unspecified atom stereocenters. The Morgan fingerprint density at radius 3 is 2.67 bits per heavy atom. The van der Waals surface area contributed by atoms with E-state index in [1.165, 1.54) is 6.42 Å². The molecule has 0 amide bonds. The largest absolute Gasteiger partial charge is 0.372 e. The fourth-order valence-electron chi connectivity index (χ4n) is 0.831. The highest BCUT2D eigenvalue weighted by Crippen LogP contribution is 2.28. The minimum Gasteiger partial charge on any atom is -0.372 e. The molecule has 0 N–H and O–H groups in total. The van der Waals surface area contributed by atoms with E-state index >= 15 is 0 Å². The molecule has 1 aliphatic rings. The van der Waals surface area contributed by atoms with E-state index in [4.69, 9.17) is 4.74 Å². The van der Waals surface area contributed by atoms with Crippen LogP contribution in [0.15, 0.2) is 0 Å². The van der Waals surface area contributed by atoms with E-state index in [2.05, 4.69) is 36.4 Å². The van der Waals surface area contributed by atoms with Gasteiger partial charge in [-0.2, -0.15) is 0 Å². The molecule has 0 aliphatic carbocycles. The molecule has 0 aromatic heterocycles. The van der Waals surface area contributed by atoms with Gasteiger partial charge in [0.15, 0.2) is 0 Å². The van der Waals surface area contributed by atoms with Gasteiger partial charge in [0.25, 0.3) is 0 Å². The summed E-state index contributed by atoms with van der Waals surface area (Å²) in [5.74, 6) is 0.818. The summed E-state index contributed by atoms with van der Waals surface area (Å²) in [6, 6.07) is 0. The van der Waals surface area contributed by atoms with Crippen molar-refractivity contribution in [1.82, 2.24) is 0 Å². The lowest BCUT2D eigenvalue weighted by molar-refractivity contribution is 0.374. The average Bonchev–Trinajstić information content (AvgIpc) is 2.66. The Morgan fingerprint density at radius 1 is 1.78 bits per heavy atom. The molecule has 0 aromatic rings. The minimum absolute atomic E-state index is 0.584. The Labute approximate surface area is 70.3 Å². The molecule has 2 heteroatoms. The van der Waals surface area contributed by atoms with Crippen LogP contribution in [0.3, 0.4) is 0 Å². The highest BCUT2D eigenvalue weighted by Gasteiger charge is 2.33. The maximum absolute atomic E-state index is 5.19. The first-order valence-corrected chi connectivity index (χ1v) is 4.76. The van der Waals surface area contributed by atoms with Crippen molar-refractivity contribution >= 4 is 22.6 Å². The molecule has 9 heavy (non-hydrogen) atoms. The van der Waals surface area contributed by atoms with E-state index in [1.54, 1.807) is 0 Å². The molecule has 1 heterocycles. The van der Waals surface area contributed by atoms with Crippen molar-refractivity contribution in [2.45, 2.75) is 30.3 Å². The van der Waals surface area contributed by atoms with E-state index in [9.17, 15) is 0 Å². The van der Waals surface area contributed by atoms with Crippen LogP contribution < -0.4 is 0 Å². The quantitative estimate of drug-likeness (QED) is 0.418. The normalized spacial score (nSPS) is 31.7. The highest BCUT2D eigenvalue weighted by molar-refractivity contribution is 14.1. The summed E-state index contributed by atoms with van der Waals surface area (Å²) in [6.07, 6.45) is 1.86. The third-order valence-electron chi connectivity index (χ3n) is 1.90. The second-order valence-electron chi connectivity index (χ2n) is 2.70. The SMILES string of the molecule is CCC(C)C(I)C1CO1. The second-order valence-corrected chi connectivity index (χ2v) is 4.14. The zero-order chi connectivity index (χ0) is 6.85. The zero-order valence-electron chi connectivity index (χ0n) is 5.93. The van der Waals surface area contributed by atoms with Crippen molar-refractivity contribution in [2.75, 3.05) is 6.61 Å². The minimum atomic E-state index is 0.584. The summed E-state index contributed by atoms with van der Waals surface area (Å²) in [7, 11) is 0. The first-order chi connectivity index (χ1) is 4.25. The second kappa shape index (κ2) is 3.19. The standard InChI is InChI=1S/C7H13IO/c1-3-5(2)7(8)6-4-9-6/h5-7H,3-4H2,1-2H3. The van der Waals surface area contributed by atoms with Gasteiger partial charge in [0.05, 0.1) is 12.7 Å². The van der Waals surface area contributed by atoms with Crippen LogP contribution in [-0.2, 0) is 4.74 Å². The van der Waals surface area contributed by atoms with Crippen molar-refractivity contribution in [3.05, 3.63) is 0 Å². The Morgan fingerprint density at radius 2 is 2.33 bits per heavy atom. The molecule has 0 spiro atoms. The van der Waals surface area contributed by atoms with Gasteiger partial charge in [-0.05, 0) is 5.92 Å². The monoisotopic (exact) mass is 240 g/mol. The van der Waals surface area contributed by atoms with Gasteiger partial charge in [-0.3, -0.25) is 0 Å². The molecule has 1 rings (SSSR count). The molecular weight excluding hydrogens is 227 g/mol. The van der Waals surface area contributed by atoms with Crippen LogP contribution in [0.5, 0.6) is 0 Å². The predicted molar refractivity (Wildman–Crippen MR) is 47.0 cm³/mol. The zero-order valence-corrected chi connectivity index (χ0v) is 8.09. The van der Waals surface area contributed by atoms with E-state index in [-0.39, 0.29) is 0 Å². The van der Waals surface area contributed by atoms with Crippen LogP contribution >= 0.6 is 22.6 Å². The van der Waals surface area contributed by atoms with Gasteiger partial charge >= 0.3 is 0 Å². The van der Waals surface area contributed by atoms with Crippen molar-refractivity contribution in [2.24, 2.45) is 5.92 Å². The fraction of sp³-hybridized carbons (Fsp3) is 1.00. The Balaban J connectivity index is 2.22. The van der Waals surface area contributed by atoms with E-state index in [0.29, 0.717) is 6.10 Å². The summed E-state index contributed by atoms with van der Waals surface area (Å²) in [5, 5.41) is 0. The molecule has 1 saturated heterocycles. The number of halogens is 1. The topological polar surface area (TPSA) is 12.5 Å². The molecule has 0 bridgehead atoms. The smallest absolute Gasteiger partial charge is 0.0929 e. The van der Waals surface area contributed by atoms with Gasteiger partial charge in [0, 0.05) is 3.92 Å². The van der Waals surface area contributed by atoms with Gasteiger partial charge in [-0.1, -0.05) is 42.9 Å². The highest BCUT2D eigenvalue weighted by atomic mass is 127. The van der Waals surface area contributed by atoms with Gasteiger partial charge in [-0.25, -0.2) is 0 Å².